The van der Waals surface area contributed by atoms with Crippen LogP contribution in [0.2, 0.25) is 0 Å². The van der Waals surface area contributed by atoms with Crippen LogP contribution >= 0.6 is 0 Å². The summed E-state index contributed by atoms with van der Waals surface area (Å²) in [5.41, 5.74) is 0.652. The van der Waals surface area contributed by atoms with Crippen molar-refractivity contribution in [3.63, 3.8) is 0 Å². The van der Waals surface area contributed by atoms with E-state index in [4.69, 9.17) is 9.47 Å². The first-order chi connectivity index (χ1) is 10.5. The smallest absolute Gasteiger partial charge is 0.241 e. The Labute approximate surface area is 133 Å². The fourth-order valence-corrected chi connectivity index (χ4v) is 4.48. The van der Waals surface area contributed by atoms with Crippen LogP contribution in [0.3, 0.4) is 0 Å². The molecule has 0 aromatic heterocycles. The third kappa shape index (κ3) is 3.93. The lowest BCUT2D eigenvalue weighted by atomic mass is 10.1. The number of ether oxygens (including phenoxy) is 2. The first kappa shape index (κ1) is 17.1. The molecular weight excluding hydrogens is 302 g/mol. The molecule has 0 saturated heterocycles. The van der Waals surface area contributed by atoms with Crippen molar-refractivity contribution >= 4 is 10.0 Å². The predicted octanol–water partition coefficient (Wildman–Crippen LogP) is 3.01. The maximum absolute atomic E-state index is 12.7. The highest BCUT2D eigenvalue weighted by atomic mass is 32.2. The van der Waals surface area contributed by atoms with Gasteiger partial charge in [0.1, 0.15) is 0 Å². The Morgan fingerprint density at radius 3 is 2.09 bits per heavy atom. The van der Waals surface area contributed by atoms with Crippen LogP contribution in [0.15, 0.2) is 17.0 Å². The Hall–Kier alpha value is -1.27. The topological polar surface area (TPSA) is 64.6 Å². The van der Waals surface area contributed by atoms with E-state index in [1.54, 1.807) is 13.0 Å². The summed E-state index contributed by atoms with van der Waals surface area (Å²) in [6, 6.07) is 3.26. The molecule has 1 aliphatic rings. The molecule has 1 saturated carbocycles. The lowest BCUT2D eigenvalue weighted by Gasteiger charge is -2.18. The van der Waals surface area contributed by atoms with Crippen LogP contribution in [0, 0.1) is 6.92 Å². The number of sulfonamides is 1. The van der Waals surface area contributed by atoms with Crippen LogP contribution in [0.5, 0.6) is 11.5 Å². The van der Waals surface area contributed by atoms with Gasteiger partial charge in [0.2, 0.25) is 10.0 Å². The molecule has 2 rings (SSSR count). The van der Waals surface area contributed by atoms with Gasteiger partial charge in [-0.25, -0.2) is 13.1 Å². The van der Waals surface area contributed by atoms with E-state index in [0.29, 0.717) is 17.1 Å². The quantitative estimate of drug-likeness (QED) is 0.844. The van der Waals surface area contributed by atoms with Crippen LogP contribution in [0.25, 0.3) is 0 Å². The largest absolute Gasteiger partial charge is 0.493 e. The SMILES string of the molecule is COc1cc(C)c(S(=O)(=O)NC2CCCCCC2)cc1OC. The summed E-state index contributed by atoms with van der Waals surface area (Å²) in [5, 5.41) is 0. The highest BCUT2D eigenvalue weighted by Gasteiger charge is 2.24. The van der Waals surface area contributed by atoms with E-state index in [9.17, 15) is 8.42 Å². The van der Waals surface area contributed by atoms with Gasteiger partial charge in [0, 0.05) is 12.1 Å². The van der Waals surface area contributed by atoms with Crippen LogP contribution in [-0.2, 0) is 10.0 Å². The number of nitrogens with one attached hydrogen (secondary N) is 1. The van der Waals surface area contributed by atoms with Crippen molar-refractivity contribution in [1.82, 2.24) is 4.72 Å². The molecule has 1 aromatic carbocycles. The van der Waals surface area contributed by atoms with Gasteiger partial charge in [-0.15, -0.1) is 0 Å². The fourth-order valence-electron chi connectivity index (χ4n) is 2.93. The fraction of sp³-hybridized carbons (Fsp3) is 0.625. The van der Waals surface area contributed by atoms with Gasteiger partial charge in [0.15, 0.2) is 11.5 Å². The standard InChI is InChI=1S/C16H25NO4S/c1-12-10-14(20-2)15(21-3)11-16(12)22(18,19)17-13-8-6-4-5-7-9-13/h10-11,13,17H,4-9H2,1-3H3. The molecule has 0 unspecified atom stereocenters. The first-order valence-corrected chi connectivity index (χ1v) is 9.21. The molecule has 0 amide bonds. The summed E-state index contributed by atoms with van der Waals surface area (Å²) in [4.78, 5) is 0.259. The third-order valence-electron chi connectivity index (χ3n) is 4.15. The van der Waals surface area contributed by atoms with Gasteiger partial charge in [0.25, 0.3) is 0 Å². The molecule has 22 heavy (non-hydrogen) atoms. The maximum atomic E-state index is 12.7. The highest BCUT2D eigenvalue weighted by Crippen LogP contribution is 2.32. The number of hydrogen-bond donors (Lipinski definition) is 1. The van der Waals surface area contributed by atoms with Gasteiger partial charge in [-0.2, -0.15) is 0 Å². The van der Waals surface area contributed by atoms with Crippen LogP contribution in [-0.4, -0.2) is 28.7 Å². The van der Waals surface area contributed by atoms with E-state index in [1.807, 2.05) is 0 Å². The van der Waals surface area contributed by atoms with Gasteiger partial charge in [0.05, 0.1) is 19.1 Å². The number of rotatable bonds is 5. The highest BCUT2D eigenvalue weighted by molar-refractivity contribution is 7.89. The number of methoxy groups -OCH3 is 2. The van der Waals surface area contributed by atoms with Gasteiger partial charge < -0.3 is 9.47 Å². The Morgan fingerprint density at radius 2 is 1.55 bits per heavy atom. The van der Waals surface area contributed by atoms with Crippen molar-refractivity contribution in [1.29, 1.82) is 0 Å². The maximum Gasteiger partial charge on any atom is 0.241 e. The molecule has 0 atom stereocenters. The van der Waals surface area contributed by atoms with Crippen molar-refractivity contribution in [3.05, 3.63) is 17.7 Å². The van der Waals surface area contributed by atoms with Crippen LogP contribution in [0.4, 0.5) is 0 Å². The van der Waals surface area contributed by atoms with Crippen molar-refractivity contribution in [3.8, 4) is 11.5 Å². The molecule has 5 nitrogen and oxygen atoms in total. The average Bonchev–Trinajstić information content (AvgIpc) is 2.74. The molecule has 1 N–H and O–H groups in total. The minimum absolute atomic E-state index is 0.0278. The lowest BCUT2D eigenvalue weighted by molar-refractivity contribution is 0.353. The summed E-state index contributed by atoms with van der Waals surface area (Å²) in [6.45, 7) is 1.77. The monoisotopic (exact) mass is 327 g/mol. The number of aryl methyl sites for hydroxylation is 1. The summed E-state index contributed by atoms with van der Waals surface area (Å²) in [6.07, 6.45) is 6.36. The average molecular weight is 327 g/mol. The van der Waals surface area contributed by atoms with E-state index < -0.39 is 10.0 Å². The summed E-state index contributed by atoms with van der Waals surface area (Å²) in [5.74, 6) is 0.961. The van der Waals surface area contributed by atoms with Crippen molar-refractivity contribution in [2.24, 2.45) is 0 Å². The second-order valence-electron chi connectivity index (χ2n) is 5.78. The minimum atomic E-state index is -3.55. The van der Waals surface area contributed by atoms with E-state index >= 15 is 0 Å². The van der Waals surface area contributed by atoms with Gasteiger partial charge in [-0.1, -0.05) is 25.7 Å². The summed E-state index contributed by atoms with van der Waals surface area (Å²) >= 11 is 0. The van der Waals surface area contributed by atoms with Crippen LogP contribution in [0.1, 0.15) is 44.1 Å². The summed E-state index contributed by atoms with van der Waals surface area (Å²) < 4.78 is 38.7. The van der Waals surface area contributed by atoms with Gasteiger partial charge in [-0.05, 0) is 31.4 Å². The third-order valence-corrected chi connectivity index (χ3v) is 5.81. The Bertz CT molecular complexity index is 605. The second-order valence-corrected chi connectivity index (χ2v) is 7.46. The van der Waals surface area contributed by atoms with Gasteiger partial charge >= 0.3 is 0 Å². The molecule has 0 bridgehead atoms. The number of hydrogen-bond acceptors (Lipinski definition) is 4. The Balaban J connectivity index is 2.28. The molecule has 1 aliphatic carbocycles. The molecular formula is C16H25NO4S. The Morgan fingerprint density at radius 1 is 1.00 bits per heavy atom. The molecule has 6 heteroatoms. The van der Waals surface area contributed by atoms with E-state index in [1.165, 1.54) is 33.1 Å². The molecule has 1 fully saturated rings. The van der Waals surface area contributed by atoms with Crippen LogP contribution < -0.4 is 14.2 Å². The minimum Gasteiger partial charge on any atom is -0.493 e. The molecule has 124 valence electrons. The van der Waals surface area contributed by atoms with E-state index in [2.05, 4.69) is 4.72 Å². The zero-order chi connectivity index (χ0) is 16.2. The number of benzene rings is 1. The molecule has 0 radical (unpaired) electrons. The first-order valence-electron chi connectivity index (χ1n) is 7.73. The molecule has 1 aromatic rings. The Kier molecular flexibility index (Phi) is 5.69. The van der Waals surface area contributed by atoms with Gasteiger partial charge in [-0.3, -0.25) is 0 Å². The molecule has 0 spiro atoms. The van der Waals surface area contributed by atoms with Crippen molar-refractivity contribution in [2.45, 2.75) is 56.4 Å². The predicted molar refractivity (Wildman–Crippen MR) is 86.1 cm³/mol. The molecule has 0 aliphatic heterocycles. The summed E-state index contributed by atoms with van der Waals surface area (Å²) in [7, 11) is -0.511. The molecule has 0 heterocycles. The normalized spacial score (nSPS) is 17.0. The zero-order valence-electron chi connectivity index (χ0n) is 13.5. The van der Waals surface area contributed by atoms with Crippen molar-refractivity contribution in [2.75, 3.05) is 14.2 Å². The lowest BCUT2D eigenvalue weighted by Crippen LogP contribution is -2.34. The van der Waals surface area contributed by atoms with Crippen molar-refractivity contribution < 1.29 is 17.9 Å². The second kappa shape index (κ2) is 7.33. The zero-order valence-corrected chi connectivity index (χ0v) is 14.3. The van der Waals surface area contributed by atoms with E-state index in [0.717, 1.165) is 25.7 Å². The van der Waals surface area contributed by atoms with E-state index in [-0.39, 0.29) is 10.9 Å².